The van der Waals surface area contributed by atoms with Gasteiger partial charge in [-0.05, 0) is 12.0 Å². The highest BCUT2D eigenvalue weighted by molar-refractivity contribution is 5.49. The topological polar surface area (TPSA) is 12.0 Å². The molecule has 1 unspecified atom stereocenters. The lowest BCUT2D eigenvalue weighted by Crippen LogP contribution is -2.32. The molecule has 0 aliphatic heterocycles. The van der Waals surface area contributed by atoms with Crippen molar-refractivity contribution in [3.05, 3.63) is 54.6 Å². The summed E-state index contributed by atoms with van der Waals surface area (Å²) in [6, 6.07) is 11.2. The minimum absolute atomic E-state index is 0.373. The van der Waals surface area contributed by atoms with Crippen LogP contribution in [-0.2, 0) is 0 Å². The summed E-state index contributed by atoms with van der Waals surface area (Å²) in [6.45, 7) is 8.11. The molecule has 0 aliphatic rings. The lowest BCUT2D eigenvalue weighted by atomic mass is 10.1. The van der Waals surface area contributed by atoms with E-state index in [0.717, 1.165) is 6.42 Å². The maximum Gasteiger partial charge on any atom is 0.0290 e. The molecular formula is C15H21N. The van der Waals surface area contributed by atoms with Gasteiger partial charge in [-0.2, -0.15) is 0 Å². The van der Waals surface area contributed by atoms with Gasteiger partial charge in [0.1, 0.15) is 0 Å². The van der Waals surface area contributed by atoms with E-state index in [-0.39, 0.29) is 0 Å². The first-order valence-corrected chi connectivity index (χ1v) is 5.82. The van der Waals surface area contributed by atoms with Crippen LogP contribution in [0.15, 0.2) is 49.1 Å². The van der Waals surface area contributed by atoms with Gasteiger partial charge in [-0.3, -0.25) is 0 Å². The molecule has 0 bridgehead atoms. The van der Waals surface area contributed by atoms with E-state index in [4.69, 9.17) is 0 Å². The quantitative estimate of drug-likeness (QED) is 0.714. The van der Waals surface area contributed by atoms with Crippen molar-refractivity contribution < 1.29 is 0 Å². The number of hydrogen-bond acceptors (Lipinski definition) is 1. The molecule has 0 saturated carbocycles. The molecule has 1 heteroatoms. The van der Waals surface area contributed by atoms with Gasteiger partial charge in [0.15, 0.2) is 0 Å². The Morgan fingerprint density at radius 3 is 2.50 bits per heavy atom. The summed E-state index contributed by atoms with van der Waals surface area (Å²) in [7, 11) is 0. The van der Waals surface area contributed by atoms with E-state index in [1.165, 1.54) is 5.56 Å². The normalized spacial score (nSPS) is 13.2. The highest BCUT2D eigenvalue weighted by Crippen LogP contribution is 2.04. The molecule has 1 nitrogen and oxygen atoms in total. The predicted molar refractivity (Wildman–Crippen MR) is 72.3 cm³/mol. The summed E-state index contributed by atoms with van der Waals surface area (Å²) in [5.41, 5.74) is 1.24. The molecule has 1 aromatic rings. The van der Waals surface area contributed by atoms with E-state index < -0.39 is 0 Å². The standard InChI is InChI=1S/C15H21N/c1-4-8-15(16-13(2)3)12-11-14-9-6-5-7-10-14/h4-7,9-13,15-16H,1,8H2,2-3H3/b12-11+. The van der Waals surface area contributed by atoms with E-state index in [9.17, 15) is 0 Å². The zero-order valence-corrected chi connectivity index (χ0v) is 10.2. The second kappa shape index (κ2) is 7.02. The Morgan fingerprint density at radius 2 is 1.94 bits per heavy atom. The van der Waals surface area contributed by atoms with Gasteiger partial charge in [0.25, 0.3) is 0 Å². The SMILES string of the molecule is C=CCC(/C=C/c1ccccc1)NC(C)C. The van der Waals surface area contributed by atoms with Crippen molar-refractivity contribution in [1.82, 2.24) is 5.32 Å². The number of hydrogen-bond donors (Lipinski definition) is 1. The van der Waals surface area contributed by atoms with Crippen molar-refractivity contribution in [3.8, 4) is 0 Å². The molecule has 0 amide bonds. The summed E-state index contributed by atoms with van der Waals surface area (Å²) >= 11 is 0. The van der Waals surface area contributed by atoms with Gasteiger partial charge in [-0.25, -0.2) is 0 Å². The lowest BCUT2D eigenvalue weighted by Gasteiger charge is -2.16. The van der Waals surface area contributed by atoms with E-state index >= 15 is 0 Å². The van der Waals surface area contributed by atoms with Crippen LogP contribution in [0.5, 0.6) is 0 Å². The molecule has 0 aliphatic carbocycles. The zero-order valence-electron chi connectivity index (χ0n) is 10.2. The van der Waals surface area contributed by atoms with Crippen LogP contribution in [0.1, 0.15) is 25.8 Å². The fraction of sp³-hybridized carbons (Fsp3) is 0.333. The summed E-state index contributed by atoms with van der Waals surface area (Å²) in [4.78, 5) is 0. The number of benzene rings is 1. The summed E-state index contributed by atoms with van der Waals surface area (Å²) in [6.07, 6.45) is 7.28. The van der Waals surface area contributed by atoms with Crippen molar-refractivity contribution in [2.75, 3.05) is 0 Å². The molecule has 0 spiro atoms. The molecule has 0 saturated heterocycles. The fourth-order valence-electron chi connectivity index (χ4n) is 1.60. The van der Waals surface area contributed by atoms with Crippen molar-refractivity contribution >= 4 is 6.08 Å². The fourth-order valence-corrected chi connectivity index (χ4v) is 1.60. The van der Waals surface area contributed by atoms with E-state index in [0.29, 0.717) is 12.1 Å². The minimum atomic E-state index is 0.373. The van der Waals surface area contributed by atoms with Gasteiger partial charge < -0.3 is 5.32 Å². The van der Waals surface area contributed by atoms with Gasteiger partial charge in [0, 0.05) is 12.1 Å². The molecule has 1 N–H and O–H groups in total. The van der Waals surface area contributed by atoms with Crippen LogP contribution in [0, 0.1) is 0 Å². The predicted octanol–water partition coefficient (Wildman–Crippen LogP) is 3.64. The van der Waals surface area contributed by atoms with Gasteiger partial charge in [0.2, 0.25) is 0 Å². The first kappa shape index (κ1) is 12.7. The number of nitrogens with one attached hydrogen (secondary N) is 1. The summed E-state index contributed by atoms with van der Waals surface area (Å²) in [5, 5.41) is 3.49. The molecule has 86 valence electrons. The first-order valence-electron chi connectivity index (χ1n) is 5.82. The van der Waals surface area contributed by atoms with Gasteiger partial charge in [-0.15, -0.1) is 6.58 Å². The minimum Gasteiger partial charge on any atom is -0.308 e. The van der Waals surface area contributed by atoms with Gasteiger partial charge in [0.05, 0.1) is 0 Å². The highest BCUT2D eigenvalue weighted by atomic mass is 14.9. The van der Waals surface area contributed by atoms with Crippen molar-refractivity contribution in [1.29, 1.82) is 0 Å². The summed E-state index contributed by atoms with van der Waals surface area (Å²) < 4.78 is 0. The maximum atomic E-state index is 3.79. The van der Waals surface area contributed by atoms with Crippen LogP contribution in [0.4, 0.5) is 0 Å². The largest absolute Gasteiger partial charge is 0.308 e. The van der Waals surface area contributed by atoms with Gasteiger partial charge in [-0.1, -0.05) is 62.4 Å². The van der Waals surface area contributed by atoms with Crippen molar-refractivity contribution in [2.24, 2.45) is 0 Å². The first-order chi connectivity index (χ1) is 7.72. The smallest absolute Gasteiger partial charge is 0.0290 e. The Kier molecular flexibility index (Phi) is 5.58. The Morgan fingerprint density at radius 1 is 1.25 bits per heavy atom. The van der Waals surface area contributed by atoms with E-state index in [1.54, 1.807) is 0 Å². The second-order valence-corrected chi connectivity index (χ2v) is 4.22. The van der Waals surface area contributed by atoms with Crippen molar-refractivity contribution in [2.45, 2.75) is 32.4 Å². The van der Waals surface area contributed by atoms with Crippen LogP contribution >= 0.6 is 0 Å². The zero-order chi connectivity index (χ0) is 11.8. The van der Waals surface area contributed by atoms with Crippen LogP contribution in [0.25, 0.3) is 6.08 Å². The second-order valence-electron chi connectivity index (χ2n) is 4.22. The molecule has 1 aromatic carbocycles. The molecule has 1 atom stereocenters. The third-order valence-electron chi connectivity index (χ3n) is 2.29. The Hall–Kier alpha value is -1.34. The molecule has 0 fully saturated rings. The van der Waals surface area contributed by atoms with Crippen LogP contribution < -0.4 is 5.32 Å². The third-order valence-corrected chi connectivity index (χ3v) is 2.29. The average molecular weight is 215 g/mol. The van der Waals surface area contributed by atoms with Crippen LogP contribution in [-0.4, -0.2) is 12.1 Å². The average Bonchev–Trinajstić information content (AvgIpc) is 2.27. The van der Waals surface area contributed by atoms with Gasteiger partial charge >= 0.3 is 0 Å². The van der Waals surface area contributed by atoms with E-state index in [1.807, 2.05) is 12.1 Å². The maximum absolute atomic E-state index is 3.79. The highest BCUT2D eigenvalue weighted by Gasteiger charge is 2.03. The third kappa shape index (κ3) is 4.94. The van der Waals surface area contributed by atoms with E-state index in [2.05, 4.69) is 62.2 Å². The van der Waals surface area contributed by atoms with Crippen LogP contribution in [0.3, 0.4) is 0 Å². The number of rotatable bonds is 6. The molecule has 0 heterocycles. The Balaban J connectivity index is 2.60. The monoisotopic (exact) mass is 215 g/mol. The summed E-state index contributed by atoms with van der Waals surface area (Å²) in [5.74, 6) is 0. The molecule has 0 radical (unpaired) electrons. The Bertz CT molecular complexity index is 325. The molecule has 16 heavy (non-hydrogen) atoms. The lowest BCUT2D eigenvalue weighted by molar-refractivity contribution is 0.527. The Labute approximate surface area is 98.9 Å². The molecule has 1 rings (SSSR count). The molecule has 0 aromatic heterocycles. The van der Waals surface area contributed by atoms with Crippen LogP contribution in [0.2, 0.25) is 0 Å². The molecular weight excluding hydrogens is 194 g/mol. The van der Waals surface area contributed by atoms with Crippen molar-refractivity contribution in [3.63, 3.8) is 0 Å².